The Kier molecular flexibility index (Phi) is 13.1. The largest absolute Gasteiger partial charge is 0.497 e. The summed E-state index contributed by atoms with van der Waals surface area (Å²) in [6.45, 7) is 7.50. The van der Waals surface area contributed by atoms with E-state index in [2.05, 4.69) is 0 Å². The molecule has 6 nitrogen and oxygen atoms in total. The van der Waals surface area contributed by atoms with Gasteiger partial charge in [0.2, 0.25) is 0 Å². The van der Waals surface area contributed by atoms with Gasteiger partial charge in [-0.05, 0) is 69.0 Å². The van der Waals surface area contributed by atoms with Gasteiger partial charge in [-0.1, -0.05) is 24.3 Å². The van der Waals surface area contributed by atoms with E-state index in [1.54, 1.807) is 19.2 Å². The average Bonchev–Trinajstić information content (AvgIpc) is 2.85. The summed E-state index contributed by atoms with van der Waals surface area (Å²) in [6, 6.07) is 14.2. The third-order valence-electron chi connectivity index (χ3n) is 5.70. The Morgan fingerprint density at radius 1 is 0.853 bits per heavy atom. The van der Waals surface area contributed by atoms with Gasteiger partial charge >= 0.3 is 0 Å². The molecule has 0 aromatic heterocycles. The molecular weight excluding hydrogens is 439 g/mol. The van der Waals surface area contributed by atoms with Gasteiger partial charge in [-0.15, -0.1) is 0 Å². The number of hydrogen-bond acceptors (Lipinski definition) is 6. The van der Waals surface area contributed by atoms with Crippen LogP contribution in [-0.4, -0.2) is 57.1 Å². The highest BCUT2D eigenvalue weighted by Gasteiger charge is 2.29. The molecule has 3 atom stereocenters. The van der Waals surface area contributed by atoms with Crippen molar-refractivity contribution in [3.05, 3.63) is 65.5 Å². The fourth-order valence-corrected chi connectivity index (χ4v) is 3.83. The zero-order valence-corrected chi connectivity index (χ0v) is 20.7. The van der Waals surface area contributed by atoms with Crippen LogP contribution in [0.1, 0.15) is 38.3 Å². The molecule has 0 aliphatic heterocycles. The van der Waals surface area contributed by atoms with E-state index in [0.717, 1.165) is 16.9 Å². The molecule has 2 aromatic carbocycles. The summed E-state index contributed by atoms with van der Waals surface area (Å²) in [7, 11) is 1.64. The third kappa shape index (κ3) is 9.68. The molecule has 190 valence electrons. The van der Waals surface area contributed by atoms with Crippen LogP contribution in [-0.2, 0) is 32.0 Å². The minimum atomic E-state index is -0.474. The first-order valence-electron chi connectivity index (χ1n) is 11.9. The van der Waals surface area contributed by atoms with Crippen LogP contribution < -0.4 is 4.74 Å². The van der Waals surface area contributed by atoms with Crippen molar-refractivity contribution in [1.29, 1.82) is 0 Å². The van der Waals surface area contributed by atoms with Crippen LogP contribution in [0.2, 0.25) is 0 Å². The van der Waals surface area contributed by atoms with E-state index in [1.807, 2.05) is 45.0 Å². The van der Waals surface area contributed by atoms with E-state index in [4.69, 9.17) is 23.7 Å². The molecule has 0 radical (unpaired) electrons. The molecule has 34 heavy (non-hydrogen) atoms. The molecule has 0 heterocycles. The van der Waals surface area contributed by atoms with Crippen molar-refractivity contribution in [3.63, 3.8) is 0 Å². The minimum absolute atomic E-state index is 0.0241. The number of ether oxygens (including phenoxy) is 5. The lowest BCUT2D eigenvalue weighted by Crippen LogP contribution is -2.38. The summed E-state index contributed by atoms with van der Waals surface area (Å²) < 4.78 is 42.4. The number of rotatable bonds is 17. The molecule has 0 aliphatic rings. The average molecular weight is 479 g/mol. The fraction of sp³-hybridized carbons (Fsp3) is 0.556. The molecule has 0 spiro atoms. The van der Waals surface area contributed by atoms with Crippen LogP contribution in [0.5, 0.6) is 5.75 Å². The second kappa shape index (κ2) is 15.8. The van der Waals surface area contributed by atoms with E-state index in [9.17, 15) is 9.50 Å². The lowest BCUT2D eigenvalue weighted by molar-refractivity contribution is -0.186. The number of aliphatic hydroxyl groups is 1. The number of benzene rings is 2. The Balaban J connectivity index is 2.15. The maximum atomic E-state index is 13.5. The maximum absolute atomic E-state index is 13.5. The Morgan fingerprint density at radius 3 is 2.03 bits per heavy atom. The Hall–Kier alpha value is -2.03. The van der Waals surface area contributed by atoms with Gasteiger partial charge in [0.1, 0.15) is 11.6 Å². The maximum Gasteiger partial charge on any atom is 0.180 e. The summed E-state index contributed by atoms with van der Waals surface area (Å²) in [5.74, 6) is 0.434. The molecule has 0 amide bonds. The van der Waals surface area contributed by atoms with Crippen molar-refractivity contribution in [2.75, 3.05) is 33.5 Å². The van der Waals surface area contributed by atoms with Crippen LogP contribution in [0.15, 0.2) is 48.5 Å². The molecule has 2 aromatic rings. The van der Waals surface area contributed by atoms with Crippen molar-refractivity contribution >= 4 is 0 Å². The molecule has 2 unspecified atom stereocenters. The van der Waals surface area contributed by atoms with Gasteiger partial charge in [0, 0.05) is 25.7 Å². The van der Waals surface area contributed by atoms with Crippen LogP contribution in [0.4, 0.5) is 4.39 Å². The van der Waals surface area contributed by atoms with E-state index >= 15 is 0 Å². The van der Waals surface area contributed by atoms with Crippen molar-refractivity contribution in [2.24, 2.45) is 5.92 Å². The van der Waals surface area contributed by atoms with E-state index in [1.165, 1.54) is 12.1 Å². The predicted molar refractivity (Wildman–Crippen MR) is 129 cm³/mol. The van der Waals surface area contributed by atoms with Crippen molar-refractivity contribution in [2.45, 2.75) is 58.7 Å². The molecule has 0 saturated heterocycles. The van der Waals surface area contributed by atoms with E-state index < -0.39 is 6.29 Å². The van der Waals surface area contributed by atoms with Gasteiger partial charge < -0.3 is 28.8 Å². The molecule has 0 fully saturated rings. The fourth-order valence-electron chi connectivity index (χ4n) is 3.83. The normalized spacial score (nSPS) is 14.2. The second-order valence-electron chi connectivity index (χ2n) is 8.08. The first kappa shape index (κ1) is 28.2. The quantitative estimate of drug-likeness (QED) is 0.331. The van der Waals surface area contributed by atoms with Gasteiger partial charge in [-0.3, -0.25) is 0 Å². The first-order valence-corrected chi connectivity index (χ1v) is 11.9. The van der Waals surface area contributed by atoms with Gasteiger partial charge in [0.25, 0.3) is 0 Å². The molecular formula is C27H39FO6. The third-order valence-corrected chi connectivity index (χ3v) is 5.70. The highest BCUT2D eigenvalue weighted by atomic mass is 19.1. The highest BCUT2D eigenvalue weighted by molar-refractivity contribution is 5.26. The minimum Gasteiger partial charge on any atom is -0.497 e. The number of methoxy groups -OCH3 is 1. The summed E-state index contributed by atoms with van der Waals surface area (Å²) in [4.78, 5) is 0. The molecule has 7 heteroatoms. The van der Waals surface area contributed by atoms with Gasteiger partial charge in [-0.2, -0.15) is 0 Å². The first-order chi connectivity index (χ1) is 16.5. The molecule has 0 aliphatic carbocycles. The Bertz CT molecular complexity index is 777. The van der Waals surface area contributed by atoms with Crippen molar-refractivity contribution < 1.29 is 33.2 Å². The summed E-state index contributed by atoms with van der Waals surface area (Å²) >= 11 is 0. The standard InChI is InChI=1S/C27H39FO6/c1-5-31-27(32-6-2)19-34-26(15-16-29)25(17-21-7-11-23(28)12-8-21)20(3)33-18-22-9-13-24(30-4)14-10-22/h7-14,20,25-27,29H,5-6,15-19H2,1-4H3/t20-,25?,26?/m0/s1. The SMILES string of the molecule is CCOC(COC(CCO)C(Cc1ccc(F)cc1)[C@H](C)OCc1ccc(OC)cc1)OCC. The van der Waals surface area contributed by atoms with Crippen LogP contribution >= 0.6 is 0 Å². The van der Waals surface area contributed by atoms with Crippen LogP contribution in [0.25, 0.3) is 0 Å². The van der Waals surface area contributed by atoms with Gasteiger partial charge in [-0.25, -0.2) is 4.39 Å². The van der Waals surface area contributed by atoms with Crippen LogP contribution in [0, 0.1) is 11.7 Å². The van der Waals surface area contributed by atoms with Crippen molar-refractivity contribution in [1.82, 2.24) is 0 Å². The monoisotopic (exact) mass is 478 g/mol. The van der Waals surface area contributed by atoms with Gasteiger partial charge in [0.15, 0.2) is 6.29 Å². The summed E-state index contributed by atoms with van der Waals surface area (Å²) in [6.07, 6.45) is 0.0827. The zero-order chi connectivity index (χ0) is 24.8. The summed E-state index contributed by atoms with van der Waals surface area (Å²) in [5.41, 5.74) is 2.00. The predicted octanol–water partition coefficient (Wildman–Crippen LogP) is 4.77. The smallest absolute Gasteiger partial charge is 0.180 e. The van der Waals surface area contributed by atoms with E-state index in [-0.39, 0.29) is 37.2 Å². The lowest BCUT2D eigenvalue weighted by Gasteiger charge is -2.33. The van der Waals surface area contributed by atoms with E-state index in [0.29, 0.717) is 32.7 Å². The number of aliphatic hydroxyl groups excluding tert-OH is 1. The Morgan fingerprint density at radius 2 is 1.47 bits per heavy atom. The summed E-state index contributed by atoms with van der Waals surface area (Å²) in [5, 5.41) is 9.75. The number of halogens is 1. The van der Waals surface area contributed by atoms with Crippen molar-refractivity contribution in [3.8, 4) is 5.75 Å². The van der Waals surface area contributed by atoms with Gasteiger partial charge in [0.05, 0.1) is 32.5 Å². The molecule has 2 rings (SSSR count). The van der Waals surface area contributed by atoms with Crippen LogP contribution in [0.3, 0.4) is 0 Å². The molecule has 1 N–H and O–H groups in total. The number of hydrogen-bond donors (Lipinski definition) is 1. The molecule has 0 bridgehead atoms. The topological polar surface area (TPSA) is 66.4 Å². The highest BCUT2D eigenvalue weighted by Crippen LogP contribution is 2.25. The second-order valence-corrected chi connectivity index (χ2v) is 8.08. The Labute approximate surface area is 202 Å². The molecule has 0 saturated carbocycles. The zero-order valence-electron chi connectivity index (χ0n) is 20.7. The lowest BCUT2D eigenvalue weighted by atomic mass is 9.88.